The molecule has 1 aromatic carbocycles. The van der Waals surface area contributed by atoms with Gasteiger partial charge in [-0.05, 0) is 18.2 Å². The summed E-state index contributed by atoms with van der Waals surface area (Å²) < 4.78 is 45.0. The predicted octanol–water partition coefficient (Wildman–Crippen LogP) is 3.22. The van der Waals surface area contributed by atoms with Gasteiger partial charge in [-0.2, -0.15) is 18.2 Å². The summed E-state index contributed by atoms with van der Waals surface area (Å²) in [5.41, 5.74) is 0.248. The van der Waals surface area contributed by atoms with Crippen LogP contribution in [0.4, 0.5) is 13.2 Å². The van der Waals surface area contributed by atoms with Crippen molar-refractivity contribution < 1.29 is 27.5 Å². The Balaban J connectivity index is 1.97. The van der Waals surface area contributed by atoms with E-state index < -0.39 is 12.8 Å². The van der Waals surface area contributed by atoms with Crippen LogP contribution in [0, 0.1) is 0 Å². The molecule has 0 amide bonds. The number of aromatic nitrogens is 2. The molecule has 0 aliphatic rings. The second-order valence-electron chi connectivity index (χ2n) is 4.09. The van der Waals surface area contributed by atoms with Crippen molar-refractivity contribution in [2.24, 2.45) is 0 Å². The standard InChI is InChI=1S/C12H10ClF3N2O3/c13-7-1-2-9(19)8(5-7)11-17-10(18-21-11)3-4-20-6-12(14,15)16/h1-2,5,19H,3-4,6H2. The molecule has 0 fully saturated rings. The number of nitrogens with zero attached hydrogens (tertiary/aromatic N) is 2. The van der Waals surface area contributed by atoms with Gasteiger partial charge in [0.15, 0.2) is 5.82 Å². The van der Waals surface area contributed by atoms with E-state index in [0.29, 0.717) is 5.02 Å². The molecule has 1 N–H and O–H groups in total. The second kappa shape index (κ2) is 6.31. The van der Waals surface area contributed by atoms with Gasteiger partial charge in [-0.25, -0.2) is 0 Å². The predicted molar refractivity (Wildman–Crippen MR) is 67.0 cm³/mol. The first kappa shape index (κ1) is 15.6. The van der Waals surface area contributed by atoms with E-state index in [0.717, 1.165) is 0 Å². The lowest BCUT2D eigenvalue weighted by Gasteiger charge is -2.05. The van der Waals surface area contributed by atoms with E-state index in [1.165, 1.54) is 18.2 Å². The van der Waals surface area contributed by atoms with Crippen LogP contribution >= 0.6 is 11.6 Å². The maximum Gasteiger partial charge on any atom is 0.411 e. The molecule has 1 aromatic heterocycles. The zero-order chi connectivity index (χ0) is 15.5. The van der Waals surface area contributed by atoms with Gasteiger partial charge in [-0.3, -0.25) is 0 Å². The van der Waals surface area contributed by atoms with Crippen LogP contribution in [0.25, 0.3) is 11.5 Å². The molecule has 0 aliphatic heterocycles. The Labute approximate surface area is 122 Å². The number of halogens is 4. The molecule has 0 radical (unpaired) electrons. The van der Waals surface area contributed by atoms with Gasteiger partial charge in [0.2, 0.25) is 0 Å². The molecule has 5 nitrogen and oxygen atoms in total. The van der Waals surface area contributed by atoms with Crippen LogP contribution in [0.1, 0.15) is 5.82 Å². The molecular weight excluding hydrogens is 313 g/mol. The highest BCUT2D eigenvalue weighted by molar-refractivity contribution is 6.30. The van der Waals surface area contributed by atoms with Gasteiger partial charge in [0.05, 0.1) is 12.2 Å². The highest BCUT2D eigenvalue weighted by atomic mass is 35.5. The molecular formula is C12H10ClF3N2O3. The highest BCUT2D eigenvalue weighted by Gasteiger charge is 2.27. The molecule has 9 heteroatoms. The summed E-state index contributed by atoms with van der Waals surface area (Å²) in [6.07, 6.45) is -4.31. The number of phenols is 1. The van der Waals surface area contributed by atoms with Crippen molar-refractivity contribution in [1.29, 1.82) is 0 Å². The fraction of sp³-hybridized carbons (Fsp3) is 0.333. The van der Waals surface area contributed by atoms with Crippen LogP contribution in [0.2, 0.25) is 5.02 Å². The maximum absolute atomic E-state index is 11.9. The SMILES string of the molecule is Oc1ccc(Cl)cc1-c1nc(CCOCC(F)(F)F)no1. The maximum atomic E-state index is 11.9. The van der Waals surface area contributed by atoms with Gasteiger partial charge < -0.3 is 14.4 Å². The van der Waals surface area contributed by atoms with Gasteiger partial charge >= 0.3 is 6.18 Å². The number of benzene rings is 1. The minimum Gasteiger partial charge on any atom is -0.507 e. The number of aromatic hydroxyl groups is 1. The number of alkyl halides is 3. The first-order valence-electron chi connectivity index (χ1n) is 5.81. The number of ether oxygens (including phenoxy) is 1. The van der Waals surface area contributed by atoms with Gasteiger partial charge in [0, 0.05) is 11.4 Å². The number of hydrogen-bond donors (Lipinski definition) is 1. The van der Waals surface area contributed by atoms with E-state index in [1.807, 2.05) is 0 Å². The van der Waals surface area contributed by atoms with Crippen molar-refractivity contribution in [3.63, 3.8) is 0 Å². The van der Waals surface area contributed by atoms with E-state index in [1.54, 1.807) is 0 Å². The Kier molecular flexibility index (Phi) is 4.69. The van der Waals surface area contributed by atoms with Crippen molar-refractivity contribution in [3.8, 4) is 17.2 Å². The van der Waals surface area contributed by atoms with Gasteiger partial charge in [-0.15, -0.1) is 0 Å². The average molecular weight is 323 g/mol. The lowest BCUT2D eigenvalue weighted by molar-refractivity contribution is -0.173. The van der Waals surface area contributed by atoms with E-state index in [4.69, 9.17) is 16.1 Å². The lowest BCUT2D eigenvalue weighted by Crippen LogP contribution is -2.18. The molecule has 114 valence electrons. The van der Waals surface area contributed by atoms with Crippen LogP contribution in [-0.4, -0.2) is 34.6 Å². The van der Waals surface area contributed by atoms with Crippen LogP contribution in [0.15, 0.2) is 22.7 Å². The summed E-state index contributed by atoms with van der Waals surface area (Å²) in [7, 11) is 0. The Morgan fingerprint density at radius 2 is 2.10 bits per heavy atom. The molecule has 0 bridgehead atoms. The minimum atomic E-state index is -4.37. The van der Waals surface area contributed by atoms with E-state index >= 15 is 0 Å². The molecule has 21 heavy (non-hydrogen) atoms. The third-order valence-electron chi connectivity index (χ3n) is 2.39. The number of phenolic OH excluding ortho intramolecular Hbond substituents is 1. The Bertz CT molecular complexity index is 616. The third-order valence-corrected chi connectivity index (χ3v) is 2.63. The van der Waals surface area contributed by atoms with Gasteiger partial charge in [0.25, 0.3) is 5.89 Å². The number of rotatable bonds is 5. The first-order chi connectivity index (χ1) is 9.85. The van der Waals surface area contributed by atoms with Crippen LogP contribution in [0.5, 0.6) is 5.75 Å². The molecule has 2 rings (SSSR count). The molecule has 0 unspecified atom stereocenters. The summed E-state index contributed by atoms with van der Waals surface area (Å²) in [5.74, 6) is 0.107. The third kappa shape index (κ3) is 4.61. The van der Waals surface area contributed by atoms with E-state index in [9.17, 15) is 18.3 Å². The number of hydrogen-bond acceptors (Lipinski definition) is 5. The quantitative estimate of drug-likeness (QED) is 0.856. The summed E-state index contributed by atoms with van der Waals surface area (Å²) in [5, 5.41) is 13.6. The minimum absolute atomic E-state index is 0.0285. The normalized spacial score (nSPS) is 11.8. The summed E-state index contributed by atoms with van der Waals surface area (Å²) >= 11 is 5.79. The van der Waals surface area contributed by atoms with Crippen molar-refractivity contribution in [2.45, 2.75) is 12.6 Å². The Hall–Kier alpha value is -1.80. The Morgan fingerprint density at radius 1 is 1.33 bits per heavy atom. The monoisotopic (exact) mass is 322 g/mol. The van der Waals surface area contributed by atoms with Crippen molar-refractivity contribution in [1.82, 2.24) is 10.1 Å². The fourth-order valence-electron chi connectivity index (χ4n) is 1.50. The van der Waals surface area contributed by atoms with Gasteiger partial charge in [-0.1, -0.05) is 16.8 Å². The van der Waals surface area contributed by atoms with Crippen molar-refractivity contribution >= 4 is 11.6 Å². The largest absolute Gasteiger partial charge is 0.507 e. The van der Waals surface area contributed by atoms with E-state index in [2.05, 4.69) is 14.9 Å². The molecule has 0 aliphatic carbocycles. The van der Waals surface area contributed by atoms with Crippen LogP contribution in [-0.2, 0) is 11.2 Å². The lowest BCUT2D eigenvalue weighted by atomic mass is 10.2. The smallest absolute Gasteiger partial charge is 0.411 e. The molecule has 0 saturated heterocycles. The van der Waals surface area contributed by atoms with Crippen LogP contribution < -0.4 is 0 Å². The summed E-state index contributed by atoms with van der Waals surface area (Å²) in [6, 6.07) is 4.30. The van der Waals surface area contributed by atoms with Crippen LogP contribution in [0.3, 0.4) is 0 Å². The van der Waals surface area contributed by atoms with E-state index in [-0.39, 0.29) is 36.1 Å². The zero-order valence-electron chi connectivity index (χ0n) is 10.5. The Morgan fingerprint density at radius 3 is 2.81 bits per heavy atom. The first-order valence-corrected chi connectivity index (χ1v) is 6.19. The summed E-state index contributed by atoms with van der Waals surface area (Å²) in [4.78, 5) is 3.96. The second-order valence-corrected chi connectivity index (χ2v) is 4.53. The van der Waals surface area contributed by atoms with Crippen molar-refractivity contribution in [3.05, 3.63) is 29.0 Å². The highest BCUT2D eigenvalue weighted by Crippen LogP contribution is 2.30. The molecule has 0 saturated carbocycles. The molecule has 1 heterocycles. The molecule has 2 aromatic rings. The average Bonchev–Trinajstić information content (AvgIpc) is 2.85. The van der Waals surface area contributed by atoms with Gasteiger partial charge in [0.1, 0.15) is 12.4 Å². The fourth-order valence-corrected chi connectivity index (χ4v) is 1.67. The van der Waals surface area contributed by atoms with Crippen molar-refractivity contribution in [2.75, 3.05) is 13.2 Å². The zero-order valence-corrected chi connectivity index (χ0v) is 11.3. The molecule has 0 atom stereocenters. The summed E-state index contributed by atoms with van der Waals surface area (Å²) in [6.45, 7) is -1.52. The topological polar surface area (TPSA) is 68.4 Å². The molecule has 0 spiro atoms.